The summed E-state index contributed by atoms with van der Waals surface area (Å²) < 4.78 is 0. The fraction of sp³-hybridized carbons (Fsp3) is 0.176. The highest BCUT2D eigenvalue weighted by atomic mass is 16.2. The topological polar surface area (TPSA) is 37.4 Å². The zero-order valence-corrected chi connectivity index (χ0v) is 11.9. The van der Waals surface area contributed by atoms with E-state index in [4.69, 9.17) is 0 Å². The molecule has 3 nitrogen and oxygen atoms in total. The molecular weight excluding hydrogens is 250 g/mol. The molecule has 0 saturated heterocycles. The molecule has 2 aromatic rings. The van der Waals surface area contributed by atoms with Crippen LogP contribution < -0.4 is 4.90 Å². The van der Waals surface area contributed by atoms with Crippen molar-refractivity contribution in [1.29, 1.82) is 0 Å². The van der Waals surface area contributed by atoms with Crippen molar-refractivity contribution in [2.45, 2.75) is 20.8 Å². The number of carbonyl (C=O) groups is 2. The molecular formula is C17H17NO2. The van der Waals surface area contributed by atoms with E-state index < -0.39 is 0 Å². The van der Waals surface area contributed by atoms with E-state index in [0.29, 0.717) is 11.3 Å². The molecule has 102 valence electrons. The zero-order valence-electron chi connectivity index (χ0n) is 11.9. The molecule has 0 unspecified atom stereocenters. The molecule has 0 N–H and O–H groups in total. The number of hydrogen-bond acceptors (Lipinski definition) is 2. The molecule has 0 aliphatic carbocycles. The van der Waals surface area contributed by atoms with Gasteiger partial charge in [0.2, 0.25) is 5.91 Å². The third-order valence-electron chi connectivity index (χ3n) is 3.11. The van der Waals surface area contributed by atoms with Crippen LogP contribution in [0.15, 0.2) is 48.5 Å². The van der Waals surface area contributed by atoms with Gasteiger partial charge in [0.1, 0.15) is 0 Å². The Labute approximate surface area is 118 Å². The Balaban J connectivity index is 2.38. The second-order valence-electron chi connectivity index (χ2n) is 4.86. The number of nitrogens with zero attached hydrogens (tertiary/aromatic N) is 1. The Hall–Kier alpha value is -2.42. The van der Waals surface area contributed by atoms with E-state index in [9.17, 15) is 9.59 Å². The third kappa shape index (κ3) is 2.94. The number of benzene rings is 2. The lowest BCUT2D eigenvalue weighted by Crippen LogP contribution is -2.35. The van der Waals surface area contributed by atoms with E-state index in [-0.39, 0.29) is 11.8 Å². The van der Waals surface area contributed by atoms with Crippen LogP contribution >= 0.6 is 0 Å². The second kappa shape index (κ2) is 5.70. The van der Waals surface area contributed by atoms with Crippen LogP contribution in [0.5, 0.6) is 0 Å². The van der Waals surface area contributed by atoms with E-state index in [2.05, 4.69) is 0 Å². The predicted octanol–water partition coefficient (Wildman–Crippen LogP) is 3.50. The Morgan fingerprint density at radius 1 is 0.800 bits per heavy atom. The summed E-state index contributed by atoms with van der Waals surface area (Å²) in [5.74, 6) is -0.596. The molecule has 0 fully saturated rings. The smallest absolute Gasteiger partial charge is 0.265 e. The first-order valence-electron chi connectivity index (χ1n) is 6.47. The standard InChI is InChI=1S/C17H17NO2/c1-12-4-8-15(9-5-12)17(20)18(14(3)19)16-10-6-13(2)7-11-16/h4-11H,1-3H3. The first-order chi connectivity index (χ1) is 9.49. The van der Waals surface area contributed by atoms with Gasteiger partial charge in [0, 0.05) is 12.5 Å². The van der Waals surface area contributed by atoms with Gasteiger partial charge in [-0.1, -0.05) is 35.4 Å². The molecule has 0 aromatic heterocycles. The minimum atomic E-state index is -0.304. The van der Waals surface area contributed by atoms with Crippen LogP contribution in [0, 0.1) is 13.8 Å². The van der Waals surface area contributed by atoms with Crippen molar-refractivity contribution < 1.29 is 9.59 Å². The first-order valence-corrected chi connectivity index (χ1v) is 6.47. The minimum absolute atomic E-state index is 0.292. The number of anilines is 1. The van der Waals surface area contributed by atoms with Crippen molar-refractivity contribution in [3.63, 3.8) is 0 Å². The monoisotopic (exact) mass is 267 g/mol. The number of amides is 2. The summed E-state index contributed by atoms with van der Waals surface area (Å²) in [5, 5.41) is 0. The fourth-order valence-electron chi connectivity index (χ4n) is 1.96. The van der Waals surface area contributed by atoms with Gasteiger partial charge < -0.3 is 0 Å². The minimum Gasteiger partial charge on any atom is -0.274 e. The molecule has 0 atom stereocenters. The third-order valence-corrected chi connectivity index (χ3v) is 3.11. The fourth-order valence-corrected chi connectivity index (χ4v) is 1.96. The lowest BCUT2D eigenvalue weighted by Gasteiger charge is -2.19. The van der Waals surface area contributed by atoms with E-state index in [1.807, 2.05) is 38.1 Å². The van der Waals surface area contributed by atoms with Crippen LogP contribution in [0.1, 0.15) is 28.4 Å². The highest BCUT2D eigenvalue weighted by Gasteiger charge is 2.21. The molecule has 0 radical (unpaired) electrons. The van der Waals surface area contributed by atoms with Crippen molar-refractivity contribution in [2.75, 3.05) is 4.90 Å². The van der Waals surface area contributed by atoms with E-state index in [1.165, 1.54) is 11.8 Å². The van der Waals surface area contributed by atoms with Crippen LogP contribution in [0.2, 0.25) is 0 Å². The van der Waals surface area contributed by atoms with E-state index >= 15 is 0 Å². The molecule has 2 amide bonds. The van der Waals surface area contributed by atoms with Crippen LogP contribution in [0.25, 0.3) is 0 Å². The van der Waals surface area contributed by atoms with Gasteiger partial charge >= 0.3 is 0 Å². The van der Waals surface area contributed by atoms with Gasteiger partial charge in [0.05, 0.1) is 5.69 Å². The van der Waals surface area contributed by atoms with Crippen molar-refractivity contribution in [3.8, 4) is 0 Å². The Morgan fingerprint density at radius 2 is 1.25 bits per heavy atom. The van der Waals surface area contributed by atoms with Crippen molar-refractivity contribution >= 4 is 17.5 Å². The summed E-state index contributed by atoms with van der Waals surface area (Å²) in [6.45, 7) is 5.31. The molecule has 0 bridgehead atoms. The maximum absolute atomic E-state index is 12.5. The average Bonchev–Trinajstić information content (AvgIpc) is 2.41. The molecule has 0 spiro atoms. The largest absolute Gasteiger partial charge is 0.274 e. The van der Waals surface area contributed by atoms with Crippen LogP contribution in [0.4, 0.5) is 5.69 Å². The SMILES string of the molecule is CC(=O)N(C(=O)c1ccc(C)cc1)c1ccc(C)cc1. The van der Waals surface area contributed by atoms with E-state index in [0.717, 1.165) is 11.1 Å². The molecule has 20 heavy (non-hydrogen) atoms. The first kappa shape index (κ1) is 14.0. The summed E-state index contributed by atoms with van der Waals surface area (Å²) >= 11 is 0. The summed E-state index contributed by atoms with van der Waals surface area (Å²) in [5.41, 5.74) is 3.26. The molecule has 2 aromatic carbocycles. The molecule has 3 heteroatoms. The molecule has 0 heterocycles. The second-order valence-corrected chi connectivity index (χ2v) is 4.86. The van der Waals surface area contributed by atoms with Crippen LogP contribution in [-0.2, 0) is 4.79 Å². The Bertz CT molecular complexity index is 627. The maximum atomic E-state index is 12.5. The van der Waals surface area contributed by atoms with Gasteiger partial charge in [0.25, 0.3) is 5.91 Å². The summed E-state index contributed by atoms with van der Waals surface area (Å²) in [6, 6.07) is 14.5. The Morgan fingerprint density at radius 3 is 1.70 bits per heavy atom. The van der Waals surface area contributed by atoms with Crippen molar-refractivity contribution in [2.24, 2.45) is 0 Å². The molecule has 0 aliphatic rings. The number of rotatable bonds is 2. The lowest BCUT2D eigenvalue weighted by atomic mass is 10.1. The molecule has 2 rings (SSSR count). The molecule has 0 aliphatic heterocycles. The quantitative estimate of drug-likeness (QED) is 0.835. The predicted molar refractivity (Wildman–Crippen MR) is 79.8 cm³/mol. The van der Waals surface area contributed by atoms with Crippen LogP contribution in [0.3, 0.4) is 0 Å². The van der Waals surface area contributed by atoms with Gasteiger partial charge in [-0.05, 0) is 38.1 Å². The van der Waals surface area contributed by atoms with Gasteiger partial charge in [-0.3, -0.25) is 9.59 Å². The van der Waals surface area contributed by atoms with Gasteiger partial charge in [-0.15, -0.1) is 0 Å². The van der Waals surface area contributed by atoms with Crippen LogP contribution in [-0.4, -0.2) is 11.8 Å². The normalized spacial score (nSPS) is 10.2. The van der Waals surface area contributed by atoms with E-state index in [1.54, 1.807) is 24.3 Å². The average molecular weight is 267 g/mol. The van der Waals surface area contributed by atoms with Crippen molar-refractivity contribution in [3.05, 3.63) is 65.2 Å². The van der Waals surface area contributed by atoms with Gasteiger partial charge in [0.15, 0.2) is 0 Å². The maximum Gasteiger partial charge on any atom is 0.265 e. The van der Waals surface area contributed by atoms with Gasteiger partial charge in [-0.2, -0.15) is 0 Å². The summed E-state index contributed by atoms with van der Waals surface area (Å²) in [7, 11) is 0. The summed E-state index contributed by atoms with van der Waals surface area (Å²) in [4.78, 5) is 25.5. The number of aryl methyl sites for hydroxylation is 2. The number of carbonyl (C=O) groups excluding carboxylic acids is 2. The number of imide groups is 1. The highest BCUT2D eigenvalue weighted by molar-refractivity contribution is 6.20. The van der Waals surface area contributed by atoms with Crippen molar-refractivity contribution in [1.82, 2.24) is 0 Å². The Kier molecular flexibility index (Phi) is 3.99. The lowest BCUT2D eigenvalue weighted by molar-refractivity contribution is -0.115. The zero-order chi connectivity index (χ0) is 14.7. The van der Waals surface area contributed by atoms with Gasteiger partial charge in [-0.25, -0.2) is 4.90 Å². The highest BCUT2D eigenvalue weighted by Crippen LogP contribution is 2.18. The number of hydrogen-bond donors (Lipinski definition) is 0. The summed E-state index contributed by atoms with van der Waals surface area (Å²) in [6.07, 6.45) is 0. The molecule has 0 saturated carbocycles.